The van der Waals surface area contributed by atoms with E-state index in [1.165, 1.54) is 5.56 Å². The molecule has 1 aromatic heterocycles. The SMILES string of the molecule is Cc1ccc2ncc(C(=O)N3CCC(NC(C)C)CC3)cc2c1. The fourth-order valence-corrected chi connectivity index (χ4v) is 3.27. The second kappa shape index (κ2) is 6.67. The van der Waals surface area contributed by atoms with Gasteiger partial charge in [-0.05, 0) is 38.0 Å². The van der Waals surface area contributed by atoms with Crippen LogP contribution in [0.5, 0.6) is 0 Å². The lowest BCUT2D eigenvalue weighted by atomic mass is 10.0. The predicted octanol–water partition coefficient (Wildman–Crippen LogP) is 3.15. The number of aryl methyl sites for hydroxylation is 1. The number of hydrogen-bond donors (Lipinski definition) is 1. The van der Waals surface area contributed by atoms with Gasteiger partial charge in [0.05, 0.1) is 11.1 Å². The highest BCUT2D eigenvalue weighted by molar-refractivity contribution is 5.97. The second-order valence-electron chi connectivity index (χ2n) is 6.81. The number of pyridine rings is 1. The van der Waals surface area contributed by atoms with Gasteiger partial charge in [0.1, 0.15) is 0 Å². The summed E-state index contributed by atoms with van der Waals surface area (Å²) in [6.07, 6.45) is 3.74. The van der Waals surface area contributed by atoms with Crippen LogP contribution in [0.15, 0.2) is 30.5 Å². The van der Waals surface area contributed by atoms with Crippen LogP contribution in [0.2, 0.25) is 0 Å². The van der Waals surface area contributed by atoms with E-state index in [1.807, 2.05) is 23.1 Å². The Morgan fingerprint density at radius 1 is 1.26 bits per heavy atom. The normalized spacial score (nSPS) is 16.3. The van der Waals surface area contributed by atoms with Crippen LogP contribution in [0.1, 0.15) is 42.6 Å². The molecule has 0 saturated carbocycles. The number of likely N-dealkylation sites (tertiary alicyclic amines) is 1. The summed E-state index contributed by atoms with van der Waals surface area (Å²) in [5, 5.41) is 4.60. The molecule has 0 bridgehead atoms. The maximum atomic E-state index is 12.7. The van der Waals surface area contributed by atoms with E-state index in [9.17, 15) is 4.79 Å². The van der Waals surface area contributed by atoms with Crippen LogP contribution in [0.25, 0.3) is 10.9 Å². The number of benzene rings is 1. The highest BCUT2D eigenvalue weighted by Gasteiger charge is 2.24. The molecule has 2 heterocycles. The van der Waals surface area contributed by atoms with Gasteiger partial charge < -0.3 is 10.2 Å². The van der Waals surface area contributed by atoms with E-state index in [0.29, 0.717) is 17.6 Å². The summed E-state index contributed by atoms with van der Waals surface area (Å²) in [7, 11) is 0. The Kier molecular flexibility index (Phi) is 4.62. The third kappa shape index (κ3) is 3.70. The van der Waals surface area contributed by atoms with Crippen LogP contribution < -0.4 is 5.32 Å². The summed E-state index contributed by atoms with van der Waals surface area (Å²) in [6, 6.07) is 9.12. The number of hydrogen-bond acceptors (Lipinski definition) is 3. The van der Waals surface area contributed by atoms with Crippen LogP contribution in [0.3, 0.4) is 0 Å². The Bertz CT molecular complexity index is 703. The van der Waals surface area contributed by atoms with Gasteiger partial charge in [-0.25, -0.2) is 0 Å². The molecule has 3 rings (SSSR count). The lowest BCUT2D eigenvalue weighted by Gasteiger charge is -2.33. The quantitative estimate of drug-likeness (QED) is 0.947. The first kappa shape index (κ1) is 15.9. The molecule has 4 nitrogen and oxygen atoms in total. The minimum Gasteiger partial charge on any atom is -0.338 e. The molecule has 0 aliphatic carbocycles. The van der Waals surface area contributed by atoms with Crippen molar-refractivity contribution in [1.29, 1.82) is 0 Å². The molecule has 2 aromatic rings. The maximum Gasteiger partial charge on any atom is 0.255 e. The van der Waals surface area contributed by atoms with Crippen LogP contribution in [-0.4, -0.2) is 41.0 Å². The average Bonchev–Trinajstić information content (AvgIpc) is 2.53. The molecular weight excluding hydrogens is 286 g/mol. The standard InChI is InChI=1S/C19H25N3O/c1-13(2)21-17-6-8-22(9-7-17)19(23)16-11-15-10-14(3)4-5-18(15)20-12-16/h4-5,10-13,17,21H,6-9H2,1-3H3. The molecule has 1 aliphatic heterocycles. The molecule has 1 N–H and O–H groups in total. The van der Waals surface area contributed by atoms with Gasteiger partial charge in [0.25, 0.3) is 5.91 Å². The summed E-state index contributed by atoms with van der Waals surface area (Å²) in [6.45, 7) is 8.02. The predicted molar refractivity (Wildman–Crippen MR) is 93.7 cm³/mol. The van der Waals surface area contributed by atoms with Crippen LogP contribution in [0.4, 0.5) is 0 Å². The Morgan fingerprint density at radius 3 is 2.70 bits per heavy atom. The van der Waals surface area contributed by atoms with Gasteiger partial charge in [-0.1, -0.05) is 25.5 Å². The van der Waals surface area contributed by atoms with E-state index in [2.05, 4.69) is 37.1 Å². The smallest absolute Gasteiger partial charge is 0.255 e. The lowest BCUT2D eigenvalue weighted by Crippen LogP contribution is -2.46. The number of carbonyl (C=O) groups excluding carboxylic acids is 1. The Balaban J connectivity index is 1.71. The van der Waals surface area contributed by atoms with Gasteiger partial charge in [0, 0.05) is 36.8 Å². The molecular formula is C19H25N3O. The van der Waals surface area contributed by atoms with Crippen molar-refractivity contribution >= 4 is 16.8 Å². The minimum absolute atomic E-state index is 0.101. The van der Waals surface area contributed by atoms with E-state index in [1.54, 1.807) is 6.20 Å². The van der Waals surface area contributed by atoms with Gasteiger partial charge in [-0.2, -0.15) is 0 Å². The van der Waals surface area contributed by atoms with Gasteiger partial charge in [0.15, 0.2) is 0 Å². The number of piperidine rings is 1. The van der Waals surface area contributed by atoms with E-state index >= 15 is 0 Å². The summed E-state index contributed by atoms with van der Waals surface area (Å²) in [5.74, 6) is 0.101. The minimum atomic E-state index is 0.101. The molecule has 0 radical (unpaired) electrons. The first-order chi connectivity index (χ1) is 11.0. The van der Waals surface area contributed by atoms with Crippen LogP contribution in [-0.2, 0) is 0 Å². The van der Waals surface area contributed by atoms with Gasteiger partial charge in [-0.15, -0.1) is 0 Å². The largest absolute Gasteiger partial charge is 0.338 e. The topological polar surface area (TPSA) is 45.2 Å². The number of nitrogens with zero attached hydrogens (tertiary/aromatic N) is 2. The zero-order valence-corrected chi connectivity index (χ0v) is 14.2. The monoisotopic (exact) mass is 311 g/mol. The van der Waals surface area contributed by atoms with Crippen molar-refractivity contribution in [3.05, 3.63) is 41.6 Å². The molecule has 0 atom stereocenters. The third-order valence-corrected chi connectivity index (χ3v) is 4.43. The first-order valence-corrected chi connectivity index (χ1v) is 8.44. The van der Waals surface area contributed by atoms with Crippen molar-refractivity contribution in [2.45, 2.75) is 45.7 Å². The molecule has 1 amide bonds. The van der Waals surface area contributed by atoms with Gasteiger partial charge in [-0.3, -0.25) is 9.78 Å². The summed E-state index contributed by atoms with van der Waals surface area (Å²) >= 11 is 0. The molecule has 1 aliphatic rings. The van der Waals surface area contributed by atoms with E-state index in [-0.39, 0.29) is 5.91 Å². The average molecular weight is 311 g/mol. The fourth-order valence-electron chi connectivity index (χ4n) is 3.27. The van der Waals surface area contributed by atoms with Crippen molar-refractivity contribution < 1.29 is 4.79 Å². The van der Waals surface area contributed by atoms with Gasteiger partial charge >= 0.3 is 0 Å². The number of rotatable bonds is 3. The molecule has 4 heteroatoms. The van der Waals surface area contributed by atoms with Crippen LogP contribution >= 0.6 is 0 Å². The summed E-state index contributed by atoms with van der Waals surface area (Å²) in [5.41, 5.74) is 2.81. The second-order valence-corrected chi connectivity index (χ2v) is 6.81. The van der Waals surface area contributed by atoms with Crippen molar-refractivity contribution in [2.24, 2.45) is 0 Å². The van der Waals surface area contributed by atoms with Crippen LogP contribution in [0, 0.1) is 6.92 Å². The number of amides is 1. The summed E-state index contributed by atoms with van der Waals surface area (Å²) in [4.78, 5) is 19.1. The van der Waals surface area contributed by atoms with Gasteiger partial charge in [0.2, 0.25) is 0 Å². The zero-order chi connectivity index (χ0) is 16.4. The molecule has 1 fully saturated rings. The molecule has 0 spiro atoms. The van der Waals surface area contributed by atoms with E-state index < -0.39 is 0 Å². The zero-order valence-electron chi connectivity index (χ0n) is 14.2. The highest BCUT2D eigenvalue weighted by Crippen LogP contribution is 2.18. The summed E-state index contributed by atoms with van der Waals surface area (Å²) < 4.78 is 0. The molecule has 122 valence electrons. The lowest BCUT2D eigenvalue weighted by molar-refractivity contribution is 0.0703. The number of carbonyl (C=O) groups is 1. The molecule has 1 aromatic carbocycles. The Hall–Kier alpha value is -1.94. The number of nitrogens with one attached hydrogen (secondary N) is 1. The molecule has 1 saturated heterocycles. The van der Waals surface area contributed by atoms with E-state index in [0.717, 1.165) is 36.8 Å². The van der Waals surface area contributed by atoms with Crippen molar-refractivity contribution in [1.82, 2.24) is 15.2 Å². The fraction of sp³-hybridized carbons (Fsp3) is 0.474. The highest BCUT2D eigenvalue weighted by atomic mass is 16.2. The first-order valence-electron chi connectivity index (χ1n) is 8.44. The Morgan fingerprint density at radius 2 is 2.00 bits per heavy atom. The maximum absolute atomic E-state index is 12.7. The third-order valence-electron chi connectivity index (χ3n) is 4.43. The Labute approximate surface area is 137 Å². The van der Waals surface area contributed by atoms with E-state index in [4.69, 9.17) is 0 Å². The number of aromatic nitrogens is 1. The molecule has 23 heavy (non-hydrogen) atoms. The van der Waals surface area contributed by atoms with Crippen molar-refractivity contribution in [3.63, 3.8) is 0 Å². The molecule has 0 unspecified atom stereocenters. The van der Waals surface area contributed by atoms with Crippen molar-refractivity contribution in [3.8, 4) is 0 Å². The number of fused-ring (bicyclic) bond motifs is 1. The van der Waals surface area contributed by atoms with Crippen molar-refractivity contribution in [2.75, 3.05) is 13.1 Å².